The van der Waals surface area contributed by atoms with Gasteiger partial charge in [-0.2, -0.15) is 0 Å². The molecule has 4 heteroatoms. The zero-order chi connectivity index (χ0) is 11.5. The predicted molar refractivity (Wildman–Crippen MR) is 56.4 cm³/mol. The SMILES string of the molecule is [CH]Cc1cccc(-c2[c-]cc(F)cc2F)n1.[Ir]. The van der Waals surface area contributed by atoms with Gasteiger partial charge in [0, 0.05) is 37.4 Å². The minimum Gasteiger partial charge on any atom is -0.301 e. The Morgan fingerprint density at radius 3 is 2.71 bits per heavy atom. The number of hydrogen-bond acceptors (Lipinski definition) is 1. The molecule has 0 bridgehead atoms. The summed E-state index contributed by atoms with van der Waals surface area (Å²) in [7, 11) is 0. The Morgan fingerprint density at radius 1 is 1.29 bits per heavy atom. The molecule has 0 spiro atoms. The van der Waals surface area contributed by atoms with Gasteiger partial charge in [0.25, 0.3) is 0 Å². The maximum atomic E-state index is 13.4. The molecule has 2 rings (SSSR count). The molecule has 0 N–H and O–H groups in total. The first kappa shape index (κ1) is 13.9. The van der Waals surface area contributed by atoms with Crippen LogP contribution in [0.5, 0.6) is 0 Å². The maximum Gasteiger partial charge on any atom is 0.0408 e. The molecule has 0 fully saturated rings. The molecule has 3 radical (unpaired) electrons. The average Bonchev–Trinajstić information content (AvgIpc) is 2.29. The summed E-state index contributed by atoms with van der Waals surface area (Å²) in [6, 6.07) is 9.50. The van der Waals surface area contributed by atoms with Crippen molar-refractivity contribution in [3.8, 4) is 11.3 Å². The van der Waals surface area contributed by atoms with E-state index < -0.39 is 11.6 Å². The minimum absolute atomic E-state index is 0. The Morgan fingerprint density at radius 2 is 2.06 bits per heavy atom. The van der Waals surface area contributed by atoms with Crippen LogP contribution in [0, 0.1) is 24.6 Å². The van der Waals surface area contributed by atoms with Crippen LogP contribution < -0.4 is 0 Å². The van der Waals surface area contributed by atoms with Crippen LogP contribution >= 0.6 is 0 Å². The van der Waals surface area contributed by atoms with E-state index in [4.69, 9.17) is 6.92 Å². The van der Waals surface area contributed by atoms with E-state index in [1.54, 1.807) is 18.2 Å². The van der Waals surface area contributed by atoms with Crippen molar-refractivity contribution >= 4 is 0 Å². The maximum absolute atomic E-state index is 13.4. The summed E-state index contributed by atoms with van der Waals surface area (Å²) in [5.74, 6) is -1.34. The van der Waals surface area contributed by atoms with Crippen LogP contribution in [0.2, 0.25) is 0 Å². The molecule has 0 aliphatic rings. The summed E-state index contributed by atoms with van der Waals surface area (Å²) >= 11 is 0. The van der Waals surface area contributed by atoms with Crippen molar-refractivity contribution in [3.63, 3.8) is 0 Å². The van der Waals surface area contributed by atoms with Gasteiger partial charge in [-0.3, -0.25) is 8.78 Å². The summed E-state index contributed by atoms with van der Waals surface area (Å²) < 4.78 is 26.1. The van der Waals surface area contributed by atoms with E-state index in [9.17, 15) is 8.78 Å². The van der Waals surface area contributed by atoms with Crippen molar-refractivity contribution in [1.29, 1.82) is 0 Å². The molecule has 0 aliphatic carbocycles. The van der Waals surface area contributed by atoms with Crippen LogP contribution in [-0.2, 0) is 26.5 Å². The molecule has 1 nitrogen and oxygen atoms in total. The van der Waals surface area contributed by atoms with Gasteiger partial charge in [0.1, 0.15) is 0 Å². The molecular weight excluding hydrogens is 400 g/mol. The third kappa shape index (κ3) is 3.18. The second-order valence-electron chi connectivity index (χ2n) is 3.26. The number of benzene rings is 1. The van der Waals surface area contributed by atoms with Crippen molar-refractivity contribution in [2.24, 2.45) is 0 Å². The van der Waals surface area contributed by atoms with Crippen molar-refractivity contribution < 1.29 is 28.9 Å². The largest absolute Gasteiger partial charge is 0.301 e. The summed E-state index contributed by atoms with van der Waals surface area (Å²) in [5.41, 5.74) is 1.20. The fraction of sp³-hybridized carbons (Fsp3) is 0.0769. The monoisotopic (exact) mass is 409 g/mol. The standard InChI is InChI=1S/C13H8F2N.Ir/c1-2-10-4-3-5-13(16-10)11-7-6-9(14)8-12(11)15;/h1,3-6,8H,2H2;/q-1;. The van der Waals surface area contributed by atoms with Crippen LogP contribution in [0.4, 0.5) is 8.78 Å². The molecule has 1 aromatic carbocycles. The topological polar surface area (TPSA) is 12.9 Å². The molecule has 2 aromatic rings. The van der Waals surface area contributed by atoms with Gasteiger partial charge in [0.15, 0.2) is 0 Å². The van der Waals surface area contributed by atoms with Gasteiger partial charge in [-0.1, -0.05) is 23.8 Å². The molecule has 0 aliphatic heterocycles. The second kappa shape index (κ2) is 5.99. The van der Waals surface area contributed by atoms with E-state index in [0.717, 1.165) is 12.1 Å². The summed E-state index contributed by atoms with van der Waals surface area (Å²) in [4.78, 5) is 4.13. The molecule has 0 saturated carbocycles. The van der Waals surface area contributed by atoms with Crippen LogP contribution in [0.15, 0.2) is 30.3 Å². The quantitative estimate of drug-likeness (QED) is 0.696. The first-order valence-electron chi connectivity index (χ1n) is 4.74. The van der Waals surface area contributed by atoms with E-state index >= 15 is 0 Å². The fourth-order valence-corrected chi connectivity index (χ4v) is 1.37. The number of halogens is 2. The van der Waals surface area contributed by atoms with E-state index in [2.05, 4.69) is 11.1 Å². The minimum atomic E-state index is -0.679. The summed E-state index contributed by atoms with van der Waals surface area (Å²) in [5, 5.41) is 0. The molecule has 0 unspecified atom stereocenters. The molecule has 0 amide bonds. The molecule has 0 atom stereocenters. The number of hydrogen-bond donors (Lipinski definition) is 0. The number of aromatic nitrogens is 1. The van der Waals surface area contributed by atoms with Gasteiger partial charge in [-0.05, 0) is 25.1 Å². The van der Waals surface area contributed by atoms with Crippen LogP contribution in [0.1, 0.15) is 5.69 Å². The molecule has 0 saturated heterocycles. The number of nitrogens with zero attached hydrogens (tertiary/aromatic N) is 1. The summed E-state index contributed by atoms with van der Waals surface area (Å²) in [6.45, 7) is 5.43. The van der Waals surface area contributed by atoms with Crippen molar-refractivity contribution in [3.05, 3.63) is 60.7 Å². The molecule has 1 heterocycles. The van der Waals surface area contributed by atoms with Crippen molar-refractivity contribution in [2.75, 3.05) is 0 Å². The first-order chi connectivity index (χ1) is 7.70. The van der Waals surface area contributed by atoms with Crippen molar-refractivity contribution in [1.82, 2.24) is 4.98 Å². The smallest absolute Gasteiger partial charge is 0.0408 e. The molecular formula is C13H8F2IrN-. The Hall–Kier alpha value is -1.12. The Bertz CT molecular complexity index is 515. The number of rotatable bonds is 2. The Kier molecular flexibility index (Phi) is 4.91. The third-order valence-electron chi connectivity index (χ3n) is 2.13. The Balaban J connectivity index is 0.00000144. The molecule has 17 heavy (non-hydrogen) atoms. The molecule has 89 valence electrons. The van der Waals surface area contributed by atoms with Crippen LogP contribution in [0.25, 0.3) is 11.3 Å². The third-order valence-corrected chi connectivity index (χ3v) is 2.13. The van der Waals surface area contributed by atoms with Gasteiger partial charge in [-0.25, -0.2) is 0 Å². The van der Waals surface area contributed by atoms with Gasteiger partial charge in [-0.15, -0.1) is 12.1 Å². The van der Waals surface area contributed by atoms with E-state index in [-0.39, 0.29) is 32.1 Å². The van der Waals surface area contributed by atoms with Gasteiger partial charge < -0.3 is 4.98 Å². The van der Waals surface area contributed by atoms with Gasteiger partial charge >= 0.3 is 0 Å². The van der Waals surface area contributed by atoms with E-state index in [0.29, 0.717) is 11.4 Å². The Labute approximate surface area is 112 Å². The fourth-order valence-electron chi connectivity index (χ4n) is 1.37. The average molecular weight is 408 g/mol. The van der Waals surface area contributed by atoms with E-state index in [1.165, 1.54) is 0 Å². The zero-order valence-electron chi connectivity index (χ0n) is 8.71. The predicted octanol–water partition coefficient (Wildman–Crippen LogP) is 3.08. The summed E-state index contributed by atoms with van der Waals surface area (Å²) in [6.07, 6.45) is 0.274. The van der Waals surface area contributed by atoms with E-state index in [1.807, 2.05) is 0 Å². The first-order valence-corrected chi connectivity index (χ1v) is 4.74. The zero-order valence-corrected chi connectivity index (χ0v) is 11.1. The normalized spacial score (nSPS) is 9.82. The van der Waals surface area contributed by atoms with Crippen LogP contribution in [0.3, 0.4) is 0 Å². The van der Waals surface area contributed by atoms with Crippen LogP contribution in [-0.4, -0.2) is 4.98 Å². The van der Waals surface area contributed by atoms with Gasteiger partial charge in [0.05, 0.1) is 0 Å². The van der Waals surface area contributed by atoms with Gasteiger partial charge in [0.2, 0.25) is 0 Å². The second-order valence-corrected chi connectivity index (χ2v) is 3.26. The van der Waals surface area contributed by atoms with Crippen molar-refractivity contribution in [2.45, 2.75) is 6.42 Å². The molecule has 1 aromatic heterocycles. The number of pyridine rings is 1.